The zero-order valence-electron chi connectivity index (χ0n) is 6.84. The summed E-state index contributed by atoms with van der Waals surface area (Å²) in [6.07, 6.45) is -2.30. The summed E-state index contributed by atoms with van der Waals surface area (Å²) in [6, 6.07) is 0. The predicted molar refractivity (Wildman–Crippen MR) is 45.7 cm³/mol. The van der Waals surface area contributed by atoms with E-state index in [9.17, 15) is 14.4 Å². The van der Waals surface area contributed by atoms with Crippen molar-refractivity contribution in [1.82, 2.24) is 0 Å². The van der Waals surface area contributed by atoms with Crippen LogP contribution in [-0.4, -0.2) is 73.6 Å². The van der Waals surface area contributed by atoms with Crippen molar-refractivity contribution in [2.75, 3.05) is 0 Å². The SMILES string of the molecule is O=C(O)CC(CC(=O)O)(OO)C(=O)O.[NaH]. The molecule has 8 nitrogen and oxygen atoms in total. The molecular weight excluding hydrogens is 223 g/mol. The Labute approximate surface area is 106 Å². The van der Waals surface area contributed by atoms with Crippen LogP contribution in [-0.2, 0) is 19.3 Å². The fourth-order valence-electron chi connectivity index (χ4n) is 0.806. The zero-order valence-corrected chi connectivity index (χ0v) is 6.84. The molecule has 0 bridgehead atoms. The molecule has 0 heterocycles. The van der Waals surface area contributed by atoms with Crippen molar-refractivity contribution in [2.24, 2.45) is 0 Å². The maximum absolute atomic E-state index is 10.5. The van der Waals surface area contributed by atoms with E-state index >= 15 is 0 Å². The molecule has 0 aliphatic carbocycles. The van der Waals surface area contributed by atoms with Gasteiger partial charge in [-0.1, -0.05) is 0 Å². The Morgan fingerprint density at radius 3 is 1.47 bits per heavy atom. The number of carboxylic acid groups (broad SMARTS) is 3. The predicted octanol–water partition coefficient (Wildman–Crippen LogP) is -1.40. The van der Waals surface area contributed by atoms with Crippen LogP contribution in [0, 0.1) is 0 Å². The quantitative estimate of drug-likeness (QED) is 0.249. The number of aliphatic carboxylic acids is 3. The molecule has 0 atom stereocenters. The van der Waals surface area contributed by atoms with Crippen LogP contribution >= 0.6 is 0 Å². The third kappa shape index (κ3) is 5.09. The van der Waals surface area contributed by atoms with Crippen molar-refractivity contribution in [3.63, 3.8) is 0 Å². The summed E-state index contributed by atoms with van der Waals surface area (Å²) in [5, 5.41) is 33.3. The van der Waals surface area contributed by atoms with Gasteiger partial charge in [0, 0.05) is 0 Å². The average molecular weight is 232 g/mol. The Morgan fingerprint density at radius 1 is 1.00 bits per heavy atom. The molecule has 82 valence electrons. The monoisotopic (exact) mass is 232 g/mol. The fourth-order valence-corrected chi connectivity index (χ4v) is 0.806. The van der Waals surface area contributed by atoms with Gasteiger partial charge >= 0.3 is 47.5 Å². The van der Waals surface area contributed by atoms with Gasteiger partial charge in [0.1, 0.15) is 0 Å². The zero-order chi connectivity index (χ0) is 11.4. The Hall–Kier alpha value is -0.670. The molecule has 4 N–H and O–H groups in total. The van der Waals surface area contributed by atoms with Crippen molar-refractivity contribution in [2.45, 2.75) is 18.4 Å². The number of carboxylic acids is 3. The van der Waals surface area contributed by atoms with Crippen molar-refractivity contribution in [3.8, 4) is 0 Å². The maximum atomic E-state index is 10.5. The van der Waals surface area contributed by atoms with Gasteiger partial charge in [0.05, 0.1) is 12.8 Å². The molecule has 0 rings (SSSR count). The normalized spacial score (nSPS) is 10.2. The fraction of sp³-hybridized carbons (Fsp3) is 0.500. The van der Waals surface area contributed by atoms with Crippen LogP contribution in [0.15, 0.2) is 0 Å². The van der Waals surface area contributed by atoms with Crippen LogP contribution in [0.1, 0.15) is 12.8 Å². The van der Waals surface area contributed by atoms with Gasteiger partial charge in [0.25, 0.3) is 0 Å². The van der Waals surface area contributed by atoms with Crippen LogP contribution in [0.5, 0.6) is 0 Å². The topological polar surface area (TPSA) is 141 Å². The molecule has 0 saturated carbocycles. The molecule has 0 aromatic carbocycles. The van der Waals surface area contributed by atoms with E-state index in [-0.39, 0.29) is 29.6 Å². The number of carbonyl (C=O) groups is 3. The van der Waals surface area contributed by atoms with E-state index in [1.165, 1.54) is 0 Å². The molecule has 0 aliphatic heterocycles. The molecular formula is C6H9NaO8. The molecule has 0 radical (unpaired) electrons. The van der Waals surface area contributed by atoms with E-state index in [0.29, 0.717) is 0 Å². The molecule has 0 spiro atoms. The molecule has 0 unspecified atom stereocenters. The molecule has 9 heteroatoms. The Balaban J connectivity index is 0. The minimum atomic E-state index is -2.64. The molecule has 0 fully saturated rings. The van der Waals surface area contributed by atoms with Gasteiger partial charge in [-0.3, -0.25) is 14.8 Å². The Kier molecular flexibility index (Phi) is 7.53. The van der Waals surface area contributed by atoms with Crippen molar-refractivity contribution < 1.29 is 39.8 Å². The van der Waals surface area contributed by atoms with Crippen LogP contribution in [0.2, 0.25) is 0 Å². The van der Waals surface area contributed by atoms with Gasteiger partial charge in [0.2, 0.25) is 5.60 Å². The average Bonchev–Trinajstić information content (AvgIpc) is 2.00. The van der Waals surface area contributed by atoms with Crippen molar-refractivity contribution in [3.05, 3.63) is 0 Å². The Morgan fingerprint density at radius 2 is 1.33 bits per heavy atom. The second-order valence-electron chi connectivity index (χ2n) is 2.53. The third-order valence-electron chi connectivity index (χ3n) is 1.44. The van der Waals surface area contributed by atoms with Gasteiger partial charge < -0.3 is 15.3 Å². The van der Waals surface area contributed by atoms with Crippen molar-refractivity contribution in [1.29, 1.82) is 0 Å². The van der Waals surface area contributed by atoms with E-state index in [1.807, 2.05) is 0 Å². The second-order valence-corrected chi connectivity index (χ2v) is 2.53. The van der Waals surface area contributed by atoms with Gasteiger partial charge in [-0.15, -0.1) is 0 Å². The standard InChI is InChI=1S/C6H8O8.Na.H/c7-3(8)1-6(14-13,5(11)12)2-4(9)10;;/h13H,1-2H2,(H,7,8)(H,9,10)(H,11,12);;. The minimum absolute atomic E-state index is 0. The van der Waals surface area contributed by atoms with Gasteiger partial charge in [-0.05, 0) is 0 Å². The summed E-state index contributed by atoms with van der Waals surface area (Å²) < 4.78 is 0. The van der Waals surface area contributed by atoms with E-state index in [0.717, 1.165) is 0 Å². The van der Waals surface area contributed by atoms with Crippen LogP contribution in [0.25, 0.3) is 0 Å². The van der Waals surface area contributed by atoms with Gasteiger partial charge in [-0.2, -0.15) is 0 Å². The van der Waals surface area contributed by atoms with Gasteiger partial charge in [0.15, 0.2) is 0 Å². The number of hydrogen-bond donors (Lipinski definition) is 4. The Bertz CT molecular complexity index is 246. The summed E-state index contributed by atoms with van der Waals surface area (Å²) in [5.74, 6) is -5.05. The first kappa shape index (κ1) is 16.7. The molecule has 0 saturated heterocycles. The van der Waals surface area contributed by atoms with E-state index in [1.54, 1.807) is 0 Å². The first-order chi connectivity index (χ1) is 6.34. The van der Waals surface area contributed by atoms with Crippen LogP contribution in [0.4, 0.5) is 0 Å². The van der Waals surface area contributed by atoms with E-state index < -0.39 is 36.4 Å². The van der Waals surface area contributed by atoms with Gasteiger partial charge in [-0.25, -0.2) is 9.68 Å². The van der Waals surface area contributed by atoms with E-state index in [4.69, 9.17) is 20.6 Å². The number of hydrogen-bond acceptors (Lipinski definition) is 5. The van der Waals surface area contributed by atoms with Crippen molar-refractivity contribution >= 4 is 47.5 Å². The summed E-state index contributed by atoms with van der Waals surface area (Å²) in [4.78, 5) is 34.4. The van der Waals surface area contributed by atoms with Crippen LogP contribution < -0.4 is 0 Å². The summed E-state index contributed by atoms with van der Waals surface area (Å²) in [5.41, 5.74) is -2.64. The van der Waals surface area contributed by atoms with Crippen LogP contribution in [0.3, 0.4) is 0 Å². The second kappa shape index (κ2) is 6.75. The first-order valence-electron chi connectivity index (χ1n) is 3.33. The molecule has 0 aromatic rings. The molecule has 0 amide bonds. The molecule has 0 aromatic heterocycles. The summed E-state index contributed by atoms with van der Waals surface area (Å²) >= 11 is 0. The summed E-state index contributed by atoms with van der Waals surface area (Å²) in [6.45, 7) is 0. The van der Waals surface area contributed by atoms with E-state index in [2.05, 4.69) is 4.89 Å². The molecule has 0 aliphatic rings. The summed E-state index contributed by atoms with van der Waals surface area (Å²) in [7, 11) is 0. The first-order valence-corrected chi connectivity index (χ1v) is 3.33. The molecule has 15 heavy (non-hydrogen) atoms. The third-order valence-corrected chi connectivity index (χ3v) is 1.44. The number of rotatable bonds is 6.